The Kier molecular flexibility index (Phi) is 5.40. The fourth-order valence-electron chi connectivity index (χ4n) is 3.32. The van der Waals surface area contributed by atoms with Gasteiger partial charge in [0.05, 0.1) is 12.0 Å². The Morgan fingerprint density at radius 1 is 1.15 bits per heavy atom. The molecule has 2 fully saturated rings. The molecule has 5 nitrogen and oxygen atoms in total. The quantitative estimate of drug-likeness (QED) is 0.808. The summed E-state index contributed by atoms with van der Waals surface area (Å²) in [5.74, 6) is -0.135. The van der Waals surface area contributed by atoms with Crippen LogP contribution in [0.15, 0.2) is 0 Å². The molecule has 20 heavy (non-hydrogen) atoms. The zero-order valence-electron chi connectivity index (χ0n) is 12.4. The van der Waals surface area contributed by atoms with E-state index < -0.39 is 0 Å². The Hall–Kier alpha value is -1.10. The van der Waals surface area contributed by atoms with Gasteiger partial charge in [0.2, 0.25) is 11.8 Å². The molecule has 5 heteroatoms. The molecule has 2 atom stereocenters. The summed E-state index contributed by atoms with van der Waals surface area (Å²) in [6.07, 6.45) is 7.83. The molecular formula is C15H27N3O2. The summed E-state index contributed by atoms with van der Waals surface area (Å²) in [4.78, 5) is 25.7. The van der Waals surface area contributed by atoms with E-state index in [-0.39, 0.29) is 23.8 Å². The third kappa shape index (κ3) is 3.95. The van der Waals surface area contributed by atoms with Crippen molar-refractivity contribution in [2.45, 2.75) is 64.0 Å². The van der Waals surface area contributed by atoms with Crippen LogP contribution in [0.4, 0.5) is 0 Å². The van der Waals surface area contributed by atoms with Crippen LogP contribution in [0.2, 0.25) is 0 Å². The number of primary amides is 1. The largest absolute Gasteiger partial charge is 0.368 e. The molecule has 1 aliphatic heterocycles. The summed E-state index contributed by atoms with van der Waals surface area (Å²) in [5.41, 5.74) is 5.36. The second-order valence-corrected chi connectivity index (χ2v) is 6.26. The molecule has 0 bridgehead atoms. The van der Waals surface area contributed by atoms with Gasteiger partial charge in [-0.2, -0.15) is 0 Å². The zero-order valence-corrected chi connectivity index (χ0v) is 12.4. The molecule has 0 spiro atoms. The van der Waals surface area contributed by atoms with Crippen LogP contribution in [0.3, 0.4) is 0 Å². The first-order chi connectivity index (χ1) is 9.58. The monoisotopic (exact) mass is 281 g/mol. The minimum atomic E-state index is -0.307. The Morgan fingerprint density at radius 2 is 1.85 bits per heavy atom. The van der Waals surface area contributed by atoms with Crippen molar-refractivity contribution in [3.8, 4) is 0 Å². The van der Waals surface area contributed by atoms with Crippen molar-refractivity contribution in [1.29, 1.82) is 0 Å². The van der Waals surface area contributed by atoms with Gasteiger partial charge < -0.3 is 11.1 Å². The number of likely N-dealkylation sites (tertiary alicyclic amines) is 1. The van der Waals surface area contributed by atoms with Crippen LogP contribution in [-0.2, 0) is 9.59 Å². The lowest BCUT2D eigenvalue weighted by molar-refractivity contribution is -0.130. The molecule has 1 saturated carbocycles. The number of hydrogen-bond donors (Lipinski definition) is 2. The predicted molar refractivity (Wildman–Crippen MR) is 78.0 cm³/mol. The molecule has 2 amide bonds. The molecule has 1 heterocycles. The van der Waals surface area contributed by atoms with Crippen molar-refractivity contribution < 1.29 is 9.59 Å². The maximum atomic E-state index is 12.4. The number of piperidine rings is 1. The Bertz CT molecular complexity index is 353. The van der Waals surface area contributed by atoms with Gasteiger partial charge in [-0.1, -0.05) is 19.3 Å². The van der Waals surface area contributed by atoms with Gasteiger partial charge in [-0.05, 0) is 39.2 Å². The van der Waals surface area contributed by atoms with Crippen molar-refractivity contribution in [2.24, 2.45) is 11.7 Å². The summed E-state index contributed by atoms with van der Waals surface area (Å²) in [6.45, 7) is 3.34. The number of nitrogens with zero attached hydrogens (tertiary/aromatic N) is 1. The Morgan fingerprint density at radius 3 is 2.50 bits per heavy atom. The van der Waals surface area contributed by atoms with Crippen LogP contribution in [0, 0.1) is 5.92 Å². The summed E-state index contributed by atoms with van der Waals surface area (Å²) in [7, 11) is 0. The standard InChI is InChI=1S/C15H27N3O2/c1-11(14(16)19)18-9-5-6-12(10-18)15(20)17-13-7-3-2-4-8-13/h11-13H,2-10H2,1H3,(H2,16,19)(H,17,20)/t11-,12+/m0/s1. The van der Waals surface area contributed by atoms with Gasteiger partial charge >= 0.3 is 0 Å². The van der Waals surface area contributed by atoms with E-state index in [1.165, 1.54) is 19.3 Å². The Labute approximate surface area is 121 Å². The predicted octanol–water partition coefficient (Wildman–Crippen LogP) is 1.02. The number of nitrogens with one attached hydrogen (secondary N) is 1. The molecule has 2 aliphatic rings. The molecule has 1 aliphatic carbocycles. The van der Waals surface area contributed by atoms with Gasteiger partial charge in [0.25, 0.3) is 0 Å². The number of rotatable bonds is 4. The van der Waals surface area contributed by atoms with E-state index in [0.29, 0.717) is 12.6 Å². The molecule has 0 aromatic rings. The van der Waals surface area contributed by atoms with Crippen molar-refractivity contribution in [1.82, 2.24) is 10.2 Å². The normalized spacial score (nSPS) is 26.9. The number of hydrogen-bond acceptors (Lipinski definition) is 3. The zero-order chi connectivity index (χ0) is 14.5. The van der Waals surface area contributed by atoms with Crippen molar-refractivity contribution in [2.75, 3.05) is 13.1 Å². The topological polar surface area (TPSA) is 75.4 Å². The molecule has 0 aromatic carbocycles. The first-order valence-corrected chi connectivity index (χ1v) is 7.91. The lowest BCUT2D eigenvalue weighted by Gasteiger charge is -2.35. The first kappa shape index (κ1) is 15.3. The summed E-state index contributed by atoms with van der Waals surface area (Å²) in [6, 6.07) is 0.0838. The maximum Gasteiger partial charge on any atom is 0.234 e. The average Bonchev–Trinajstić information content (AvgIpc) is 2.47. The van der Waals surface area contributed by atoms with E-state index in [4.69, 9.17) is 5.73 Å². The highest BCUT2D eigenvalue weighted by molar-refractivity contribution is 5.81. The van der Waals surface area contributed by atoms with Crippen LogP contribution in [0.25, 0.3) is 0 Å². The van der Waals surface area contributed by atoms with Gasteiger partial charge in [-0.15, -0.1) is 0 Å². The smallest absolute Gasteiger partial charge is 0.234 e. The highest BCUT2D eigenvalue weighted by atomic mass is 16.2. The summed E-state index contributed by atoms with van der Waals surface area (Å²) in [5, 5.41) is 3.20. The molecule has 3 N–H and O–H groups in total. The van der Waals surface area contributed by atoms with Crippen LogP contribution >= 0.6 is 0 Å². The van der Waals surface area contributed by atoms with Gasteiger partial charge in [0, 0.05) is 12.6 Å². The van der Waals surface area contributed by atoms with E-state index in [9.17, 15) is 9.59 Å². The second-order valence-electron chi connectivity index (χ2n) is 6.26. The third-order valence-electron chi connectivity index (χ3n) is 4.73. The average molecular weight is 281 g/mol. The minimum absolute atomic E-state index is 0.00692. The van der Waals surface area contributed by atoms with Crippen molar-refractivity contribution >= 4 is 11.8 Å². The maximum absolute atomic E-state index is 12.4. The van der Waals surface area contributed by atoms with Gasteiger partial charge in [0.15, 0.2) is 0 Å². The van der Waals surface area contributed by atoms with Gasteiger partial charge in [-0.3, -0.25) is 14.5 Å². The number of amides is 2. The van der Waals surface area contributed by atoms with Crippen molar-refractivity contribution in [3.63, 3.8) is 0 Å². The van der Waals surface area contributed by atoms with Gasteiger partial charge in [0.1, 0.15) is 0 Å². The summed E-state index contributed by atoms with van der Waals surface area (Å²) < 4.78 is 0. The molecule has 2 rings (SSSR count). The van der Waals surface area contributed by atoms with Crippen LogP contribution in [0.5, 0.6) is 0 Å². The molecule has 0 radical (unpaired) electrons. The number of carbonyl (C=O) groups excluding carboxylic acids is 2. The third-order valence-corrected chi connectivity index (χ3v) is 4.73. The fourth-order valence-corrected chi connectivity index (χ4v) is 3.32. The van der Waals surface area contributed by atoms with E-state index in [0.717, 1.165) is 32.2 Å². The van der Waals surface area contributed by atoms with Crippen LogP contribution in [-0.4, -0.2) is 41.9 Å². The van der Waals surface area contributed by atoms with Crippen LogP contribution in [0.1, 0.15) is 51.9 Å². The van der Waals surface area contributed by atoms with Crippen molar-refractivity contribution in [3.05, 3.63) is 0 Å². The molecule has 1 saturated heterocycles. The second kappa shape index (κ2) is 7.07. The lowest BCUT2D eigenvalue weighted by Crippen LogP contribution is -2.51. The Balaban J connectivity index is 1.84. The lowest BCUT2D eigenvalue weighted by atomic mass is 9.92. The van der Waals surface area contributed by atoms with E-state index in [1.807, 2.05) is 11.8 Å². The molecule has 114 valence electrons. The highest BCUT2D eigenvalue weighted by Gasteiger charge is 2.30. The van der Waals surface area contributed by atoms with E-state index >= 15 is 0 Å². The first-order valence-electron chi connectivity index (χ1n) is 7.91. The van der Waals surface area contributed by atoms with E-state index in [1.54, 1.807) is 0 Å². The highest BCUT2D eigenvalue weighted by Crippen LogP contribution is 2.21. The minimum Gasteiger partial charge on any atom is -0.368 e. The molecular weight excluding hydrogens is 254 g/mol. The van der Waals surface area contributed by atoms with Gasteiger partial charge in [-0.25, -0.2) is 0 Å². The van der Waals surface area contributed by atoms with Crippen LogP contribution < -0.4 is 11.1 Å². The summed E-state index contributed by atoms with van der Waals surface area (Å²) >= 11 is 0. The number of nitrogens with two attached hydrogens (primary N) is 1. The number of carbonyl (C=O) groups is 2. The fraction of sp³-hybridized carbons (Fsp3) is 0.867. The molecule has 0 unspecified atom stereocenters. The van der Waals surface area contributed by atoms with E-state index in [2.05, 4.69) is 5.32 Å². The SMILES string of the molecule is C[C@@H](C(N)=O)N1CCC[C@@H](C(=O)NC2CCCCC2)C1. The molecule has 0 aromatic heterocycles.